The number of hydrogen-bond donors (Lipinski definition) is 2. The van der Waals surface area contributed by atoms with Crippen molar-refractivity contribution in [2.24, 2.45) is 5.92 Å². The number of hydrogen-bond acceptors (Lipinski definition) is 4. The molecule has 0 radical (unpaired) electrons. The summed E-state index contributed by atoms with van der Waals surface area (Å²) in [5.74, 6) is 0.356. The minimum Gasteiger partial charge on any atom is -0.399 e. The largest absolute Gasteiger partial charge is 0.399 e. The van der Waals surface area contributed by atoms with Crippen molar-refractivity contribution in [3.8, 4) is 0 Å². The van der Waals surface area contributed by atoms with Crippen molar-refractivity contribution in [1.82, 2.24) is 5.32 Å². The van der Waals surface area contributed by atoms with Gasteiger partial charge in [0.25, 0.3) is 5.91 Å². The van der Waals surface area contributed by atoms with Crippen LogP contribution in [-0.4, -0.2) is 26.6 Å². The molecule has 1 aromatic carbocycles. The van der Waals surface area contributed by atoms with Gasteiger partial charge in [-0.05, 0) is 43.4 Å². The van der Waals surface area contributed by atoms with Crippen LogP contribution in [0.1, 0.15) is 36.5 Å². The van der Waals surface area contributed by atoms with Crippen LogP contribution >= 0.6 is 0 Å². The number of carbonyl (C=O) groups excluding carboxylic acids is 1. The maximum Gasteiger partial charge on any atom is 0.251 e. The molecule has 1 aliphatic rings. The number of nitrogens with one attached hydrogen (secondary N) is 1. The quantitative estimate of drug-likeness (QED) is 0.829. The first-order valence-electron chi connectivity index (χ1n) is 6.67. The summed E-state index contributed by atoms with van der Waals surface area (Å²) in [5.41, 5.74) is 6.25. The van der Waals surface area contributed by atoms with E-state index in [0.717, 1.165) is 25.5 Å². The molecule has 20 heavy (non-hydrogen) atoms. The smallest absolute Gasteiger partial charge is 0.251 e. The van der Waals surface area contributed by atoms with E-state index in [2.05, 4.69) is 12.2 Å². The Balaban J connectivity index is 2.20. The number of benzene rings is 1. The van der Waals surface area contributed by atoms with E-state index in [1.165, 1.54) is 18.2 Å². The number of amides is 1. The first kappa shape index (κ1) is 14.8. The molecule has 2 atom stereocenters. The average Bonchev–Trinajstić information content (AvgIpc) is 2.72. The number of anilines is 1. The normalized spacial score (nSPS) is 22.7. The highest BCUT2D eigenvalue weighted by Gasteiger charge is 2.23. The fourth-order valence-corrected chi connectivity index (χ4v) is 3.27. The van der Waals surface area contributed by atoms with Gasteiger partial charge in [-0.3, -0.25) is 4.79 Å². The van der Waals surface area contributed by atoms with Crippen LogP contribution in [0.2, 0.25) is 0 Å². The monoisotopic (exact) mass is 296 g/mol. The maximum atomic E-state index is 12.2. The summed E-state index contributed by atoms with van der Waals surface area (Å²) in [4.78, 5) is 12.2. The summed E-state index contributed by atoms with van der Waals surface area (Å²) in [6.07, 6.45) is 4.14. The summed E-state index contributed by atoms with van der Waals surface area (Å²) in [6.45, 7) is 2.16. The standard InChI is InChI=1S/C14H20N2O3S/c1-9-3-4-12(5-9)16-14(17)10-6-11(15)8-13(7-10)20(2,18)19/h6-9,12H,3-5,15H2,1-2H3,(H,16,17). The second-order valence-corrected chi connectivity index (χ2v) is 7.67. The summed E-state index contributed by atoms with van der Waals surface area (Å²) in [7, 11) is -3.38. The molecular weight excluding hydrogens is 276 g/mol. The first-order valence-corrected chi connectivity index (χ1v) is 8.56. The predicted molar refractivity (Wildman–Crippen MR) is 78.2 cm³/mol. The number of nitrogens with two attached hydrogens (primary N) is 1. The molecule has 0 spiro atoms. The number of sulfone groups is 1. The zero-order valence-corrected chi connectivity index (χ0v) is 12.5. The number of rotatable bonds is 3. The maximum absolute atomic E-state index is 12.2. The summed E-state index contributed by atoms with van der Waals surface area (Å²) in [5, 5.41) is 2.94. The summed E-state index contributed by atoms with van der Waals surface area (Å²) in [6, 6.07) is 4.41. The molecular formula is C14H20N2O3S. The number of nitrogen functional groups attached to an aromatic ring is 1. The highest BCUT2D eigenvalue weighted by molar-refractivity contribution is 7.90. The molecule has 2 unspecified atom stereocenters. The van der Waals surface area contributed by atoms with Gasteiger partial charge in [0.1, 0.15) is 0 Å². The Bertz CT molecular complexity index is 625. The third-order valence-electron chi connectivity index (χ3n) is 3.65. The van der Waals surface area contributed by atoms with Crippen LogP contribution in [0.3, 0.4) is 0 Å². The van der Waals surface area contributed by atoms with Crippen LogP contribution in [0.5, 0.6) is 0 Å². The summed E-state index contributed by atoms with van der Waals surface area (Å²) >= 11 is 0. The van der Waals surface area contributed by atoms with Crippen LogP contribution in [0.4, 0.5) is 5.69 Å². The van der Waals surface area contributed by atoms with Crippen molar-refractivity contribution in [2.75, 3.05) is 12.0 Å². The van der Waals surface area contributed by atoms with Gasteiger partial charge >= 0.3 is 0 Å². The van der Waals surface area contributed by atoms with Crippen molar-refractivity contribution in [3.63, 3.8) is 0 Å². The van der Waals surface area contributed by atoms with Crippen LogP contribution in [-0.2, 0) is 9.84 Å². The van der Waals surface area contributed by atoms with E-state index in [9.17, 15) is 13.2 Å². The van der Waals surface area contributed by atoms with E-state index in [0.29, 0.717) is 11.5 Å². The second kappa shape index (κ2) is 5.44. The van der Waals surface area contributed by atoms with Crippen LogP contribution in [0.25, 0.3) is 0 Å². The van der Waals surface area contributed by atoms with Crippen molar-refractivity contribution < 1.29 is 13.2 Å². The first-order chi connectivity index (χ1) is 9.25. The third kappa shape index (κ3) is 3.50. The Hall–Kier alpha value is -1.56. The van der Waals surface area contributed by atoms with E-state index in [1.54, 1.807) is 0 Å². The molecule has 1 aliphatic carbocycles. The van der Waals surface area contributed by atoms with Gasteiger partial charge in [0.05, 0.1) is 4.90 Å². The molecule has 5 nitrogen and oxygen atoms in total. The van der Waals surface area contributed by atoms with Gasteiger partial charge < -0.3 is 11.1 Å². The highest BCUT2D eigenvalue weighted by atomic mass is 32.2. The minimum absolute atomic E-state index is 0.0717. The molecule has 1 saturated carbocycles. The van der Waals surface area contributed by atoms with Gasteiger partial charge in [-0.15, -0.1) is 0 Å². The lowest BCUT2D eigenvalue weighted by Crippen LogP contribution is -2.33. The molecule has 110 valence electrons. The Labute approximate surface area is 119 Å². The zero-order chi connectivity index (χ0) is 14.9. The van der Waals surface area contributed by atoms with Crippen LogP contribution in [0.15, 0.2) is 23.1 Å². The lowest BCUT2D eigenvalue weighted by atomic mass is 10.1. The Morgan fingerprint density at radius 3 is 2.55 bits per heavy atom. The molecule has 0 bridgehead atoms. The van der Waals surface area contributed by atoms with Crippen LogP contribution < -0.4 is 11.1 Å². The van der Waals surface area contributed by atoms with E-state index < -0.39 is 9.84 Å². The van der Waals surface area contributed by atoms with Crippen molar-refractivity contribution >= 4 is 21.4 Å². The van der Waals surface area contributed by atoms with Crippen LogP contribution in [0, 0.1) is 5.92 Å². The second-order valence-electron chi connectivity index (χ2n) is 5.65. The fourth-order valence-electron chi connectivity index (χ4n) is 2.57. The van der Waals surface area contributed by atoms with E-state index in [4.69, 9.17) is 5.73 Å². The van der Waals surface area contributed by atoms with Crippen molar-refractivity contribution in [3.05, 3.63) is 23.8 Å². The van der Waals surface area contributed by atoms with Gasteiger partial charge in [0.2, 0.25) is 0 Å². The fraction of sp³-hybridized carbons (Fsp3) is 0.500. The Morgan fingerprint density at radius 2 is 2.00 bits per heavy atom. The molecule has 0 aromatic heterocycles. The van der Waals surface area contributed by atoms with E-state index in [1.807, 2.05) is 0 Å². The third-order valence-corrected chi connectivity index (χ3v) is 4.74. The summed E-state index contributed by atoms with van der Waals surface area (Å²) < 4.78 is 23.1. The van der Waals surface area contributed by atoms with Gasteiger partial charge in [-0.1, -0.05) is 6.92 Å². The van der Waals surface area contributed by atoms with Crippen molar-refractivity contribution in [2.45, 2.75) is 37.1 Å². The van der Waals surface area contributed by atoms with E-state index >= 15 is 0 Å². The minimum atomic E-state index is -3.38. The zero-order valence-electron chi connectivity index (χ0n) is 11.7. The lowest BCUT2D eigenvalue weighted by Gasteiger charge is -2.13. The molecule has 0 heterocycles. The van der Waals surface area contributed by atoms with Crippen molar-refractivity contribution in [1.29, 1.82) is 0 Å². The number of carbonyl (C=O) groups is 1. The molecule has 0 aliphatic heterocycles. The molecule has 1 aromatic rings. The molecule has 1 fully saturated rings. The van der Waals surface area contributed by atoms with Gasteiger partial charge in [-0.25, -0.2) is 8.42 Å². The molecule has 3 N–H and O–H groups in total. The molecule has 2 rings (SSSR count). The predicted octanol–water partition coefficient (Wildman–Crippen LogP) is 1.59. The molecule has 6 heteroatoms. The molecule has 1 amide bonds. The Kier molecular flexibility index (Phi) is 4.04. The molecule has 0 saturated heterocycles. The van der Waals surface area contributed by atoms with E-state index in [-0.39, 0.29) is 22.5 Å². The Morgan fingerprint density at radius 1 is 1.30 bits per heavy atom. The topological polar surface area (TPSA) is 89.3 Å². The van der Waals surface area contributed by atoms with Gasteiger partial charge in [0.15, 0.2) is 9.84 Å². The lowest BCUT2D eigenvalue weighted by molar-refractivity contribution is 0.0937. The highest BCUT2D eigenvalue weighted by Crippen LogP contribution is 2.25. The SMILES string of the molecule is CC1CCC(NC(=O)c2cc(N)cc(S(C)(=O)=O)c2)C1. The van der Waals surface area contributed by atoms with Gasteiger partial charge in [-0.2, -0.15) is 0 Å². The average molecular weight is 296 g/mol. The van der Waals surface area contributed by atoms with Gasteiger partial charge in [0, 0.05) is 23.5 Å².